The topological polar surface area (TPSA) is 46.5 Å². The first-order chi connectivity index (χ1) is 7.19. The molecule has 0 aromatic rings. The van der Waals surface area contributed by atoms with E-state index in [0.717, 1.165) is 6.42 Å². The minimum absolute atomic E-state index is 0.0108. The van der Waals surface area contributed by atoms with Gasteiger partial charge in [0, 0.05) is 11.8 Å². The lowest BCUT2D eigenvalue weighted by atomic mass is 9.53. The van der Waals surface area contributed by atoms with Crippen molar-refractivity contribution in [1.82, 2.24) is 0 Å². The Labute approximate surface area is 89.1 Å². The highest BCUT2D eigenvalue weighted by Crippen LogP contribution is 2.55. The second kappa shape index (κ2) is 2.92. The molecule has 4 rings (SSSR count). The molecule has 1 saturated carbocycles. The molecule has 2 bridgehead atoms. The van der Waals surface area contributed by atoms with Crippen LogP contribution in [0, 0.1) is 23.2 Å². The average Bonchev–Trinajstić information content (AvgIpc) is 2.62. The summed E-state index contributed by atoms with van der Waals surface area (Å²) in [5.41, 5.74) is 0.891. The molecule has 1 N–H and O–H groups in total. The summed E-state index contributed by atoms with van der Waals surface area (Å²) in [5, 5.41) is 9.33. The molecule has 3 heteroatoms. The molecule has 4 aliphatic rings. The molecule has 4 atom stereocenters. The Morgan fingerprint density at radius 2 is 2.47 bits per heavy atom. The highest BCUT2D eigenvalue weighted by Gasteiger charge is 2.59. The molecular weight excluding hydrogens is 192 g/mol. The van der Waals surface area contributed by atoms with E-state index in [0.29, 0.717) is 19.1 Å². The minimum atomic E-state index is -0.383. The zero-order valence-electron chi connectivity index (χ0n) is 8.90. The van der Waals surface area contributed by atoms with Gasteiger partial charge < -0.3 is 9.84 Å². The van der Waals surface area contributed by atoms with Crippen molar-refractivity contribution in [2.24, 2.45) is 23.2 Å². The Bertz CT molecular complexity index is 347. The maximum absolute atomic E-state index is 12.3. The Kier molecular flexibility index (Phi) is 1.86. The fraction of sp³-hybridized carbons (Fsp3) is 0.750. The Morgan fingerprint density at radius 1 is 1.67 bits per heavy atom. The molecular formula is C12H16O3. The number of carbonyl (C=O) groups excluding carboxylic acids is 1. The van der Waals surface area contributed by atoms with Crippen molar-refractivity contribution in [2.45, 2.75) is 13.3 Å². The summed E-state index contributed by atoms with van der Waals surface area (Å²) < 4.78 is 5.48. The molecule has 15 heavy (non-hydrogen) atoms. The Morgan fingerprint density at radius 3 is 3.20 bits per heavy atom. The van der Waals surface area contributed by atoms with E-state index in [9.17, 15) is 9.90 Å². The minimum Gasteiger partial charge on any atom is -0.396 e. The lowest BCUT2D eigenvalue weighted by molar-refractivity contribution is -0.140. The van der Waals surface area contributed by atoms with Gasteiger partial charge in [-0.2, -0.15) is 0 Å². The highest BCUT2D eigenvalue weighted by molar-refractivity contribution is 5.92. The molecule has 1 spiro atoms. The van der Waals surface area contributed by atoms with Gasteiger partial charge in [0.25, 0.3) is 0 Å². The number of ether oxygens (including phenoxy) is 1. The molecule has 0 radical (unpaired) electrons. The van der Waals surface area contributed by atoms with E-state index in [-0.39, 0.29) is 29.6 Å². The molecule has 1 aliphatic heterocycles. The number of aliphatic hydroxyl groups excluding tert-OH is 1. The molecule has 82 valence electrons. The first kappa shape index (κ1) is 9.55. The molecule has 1 heterocycles. The summed E-state index contributed by atoms with van der Waals surface area (Å²) in [5.74, 6) is 0.667. The smallest absolute Gasteiger partial charge is 0.151 e. The zero-order chi connectivity index (χ0) is 10.6. The van der Waals surface area contributed by atoms with Crippen molar-refractivity contribution in [3.63, 3.8) is 0 Å². The largest absolute Gasteiger partial charge is 0.396 e. The van der Waals surface area contributed by atoms with Crippen molar-refractivity contribution in [2.75, 3.05) is 19.8 Å². The van der Waals surface area contributed by atoms with Gasteiger partial charge in [-0.05, 0) is 19.3 Å². The van der Waals surface area contributed by atoms with Crippen LogP contribution in [0.25, 0.3) is 0 Å². The van der Waals surface area contributed by atoms with Gasteiger partial charge in [-0.3, -0.25) is 4.79 Å². The predicted molar refractivity (Wildman–Crippen MR) is 54.2 cm³/mol. The maximum Gasteiger partial charge on any atom is 0.151 e. The van der Waals surface area contributed by atoms with Crippen LogP contribution >= 0.6 is 0 Å². The van der Waals surface area contributed by atoms with Crippen LogP contribution in [0.5, 0.6) is 0 Å². The van der Waals surface area contributed by atoms with Crippen LogP contribution < -0.4 is 0 Å². The van der Waals surface area contributed by atoms with Crippen molar-refractivity contribution in [3.05, 3.63) is 11.6 Å². The molecule has 0 amide bonds. The summed E-state index contributed by atoms with van der Waals surface area (Å²) in [6, 6.07) is 0. The van der Waals surface area contributed by atoms with Crippen molar-refractivity contribution in [1.29, 1.82) is 0 Å². The van der Waals surface area contributed by atoms with Crippen LogP contribution in [0.3, 0.4) is 0 Å². The highest BCUT2D eigenvalue weighted by atomic mass is 16.5. The van der Waals surface area contributed by atoms with Gasteiger partial charge in [-0.1, -0.05) is 11.6 Å². The Hall–Kier alpha value is -0.670. The third kappa shape index (κ3) is 1.00. The summed E-state index contributed by atoms with van der Waals surface area (Å²) in [4.78, 5) is 12.3. The Balaban J connectivity index is 2.11. The summed E-state index contributed by atoms with van der Waals surface area (Å²) in [7, 11) is 0. The van der Waals surface area contributed by atoms with Crippen LogP contribution in [-0.2, 0) is 9.53 Å². The zero-order valence-corrected chi connectivity index (χ0v) is 8.90. The maximum atomic E-state index is 12.3. The summed E-state index contributed by atoms with van der Waals surface area (Å²) >= 11 is 0. The number of hydrogen-bond donors (Lipinski definition) is 1. The number of aliphatic hydroxyl groups is 1. The first-order valence-corrected chi connectivity index (χ1v) is 5.61. The third-order valence-corrected chi connectivity index (χ3v) is 4.47. The molecule has 0 aromatic heterocycles. The lowest BCUT2D eigenvalue weighted by Gasteiger charge is -2.48. The van der Waals surface area contributed by atoms with Gasteiger partial charge in [0.1, 0.15) is 0 Å². The second-order valence-corrected chi connectivity index (χ2v) is 5.14. The number of carbonyl (C=O) groups is 1. The van der Waals surface area contributed by atoms with Gasteiger partial charge in [-0.15, -0.1) is 0 Å². The number of ketones is 1. The number of fused-ring (bicyclic) bond motifs is 1. The van der Waals surface area contributed by atoms with Gasteiger partial charge in [0.15, 0.2) is 5.78 Å². The van der Waals surface area contributed by atoms with Crippen LogP contribution in [0.4, 0.5) is 0 Å². The van der Waals surface area contributed by atoms with E-state index in [2.05, 4.69) is 13.0 Å². The summed E-state index contributed by atoms with van der Waals surface area (Å²) in [6.07, 6.45) is 3.13. The lowest BCUT2D eigenvalue weighted by Crippen LogP contribution is -2.53. The van der Waals surface area contributed by atoms with Crippen LogP contribution in [0.2, 0.25) is 0 Å². The standard InChI is InChI=1S/C12H16O3/c1-7-3-12-6-15-5-8(12)2-9(7)10(4-13)11(12)14/h3,8-10,13H,2,4-6H2,1H3/t8-,9+,10?,12-/m1/s1. The van der Waals surface area contributed by atoms with Gasteiger partial charge >= 0.3 is 0 Å². The van der Waals surface area contributed by atoms with Gasteiger partial charge in [0.2, 0.25) is 0 Å². The van der Waals surface area contributed by atoms with Crippen LogP contribution in [0.1, 0.15) is 13.3 Å². The van der Waals surface area contributed by atoms with E-state index < -0.39 is 0 Å². The van der Waals surface area contributed by atoms with Crippen LogP contribution in [-0.4, -0.2) is 30.7 Å². The fourth-order valence-corrected chi connectivity index (χ4v) is 3.64. The second-order valence-electron chi connectivity index (χ2n) is 5.14. The SMILES string of the molecule is CC1=C[C@@]23COC[C@H]2C[C@@H]1C(CO)C3=O. The van der Waals surface area contributed by atoms with Crippen LogP contribution in [0.15, 0.2) is 11.6 Å². The molecule has 2 fully saturated rings. The van der Waals surface area contributed by atoms with E-state index in [1.54, 1.807) is 0 Å². The van der Waals surface area contributed by atoms with E-state index >= 15 is 0 Å². The molecule has 0 aromatic carbocycles. The number of allylic oxidation sites excluding steroid dienone is 1. The van der Waals surface area contributed by atoms with Crippen molar-refractivity contribution in [3.8, 4) is 0 Å². The molecule has 1 saturated heterocycles. The van der Waals surface area contributed by atoms with E-state index in [1.165, 1.54) is 5.57 Å². The number of hydrogen-bond acceptors (Lipinski definition) is 3. The molecule has 3 nitrogen and oxygen atoms in total. The molecule has 1 unspecified atom stereocenters. The molecule has 3 aliphatic carbocycles. The van der Waals surface area contributed by atoms with E-state index in [1.807, 2.05) is 0 Å². The van der Waals surface area contributed by atoms with Gasteiger partial charge in [0.05, 0.1) is 25.2 Å². The normalized spacial score (nSPS) is 48.0. The number of Topliss-reactive ketones (excluding diaryl/α,β-unsaturated/α-hetero) is 1. The van der Waals surface area contributed by atoms with E-state index in [4.69, 9.17) is 4.74 Å². The van der Waals surface area contributed by atoms with Gasteiger partial charge in [-0.25, -0.2) is 0 Å². The predicted octanol–water partition coefficient (Wildman–Crippen LogP) is 0.777. The number of rotatable bonds is 1. The fourth-order valence-electron chi connectivity index (χ4n) is 3.64. The first-order valence-electron chi connectivity index (χ1n) is 5.61. The monoisotopic (exact) mass is 208 g/mol. The summed E-state index contributed by atoms with van der Waals surface area (Å²) in [6.45, 7) is 3.31. The average molecular weight is 208 g/mol. The van der Waals surface area contributed by atoms with Crippen molar-refractivity contribution < 1.29 is 14.6 Å². The third-order valence-electron chi connectivity index (χ3n) is 4.47. The quantitative estimate of drug-likeness (QED) is 0.648. The van der Waals surface area contributed by atoms with Crippen molar-refractivity contribution >= 4 is 5.78 Å².